The number of alkyl carbamates (subject to hydrolysis) is 1. The van der Waals surface area contributed by atoms with Crippen LogP contribution in [-0.4, -0.2) is 42.1 Å². The molecule has 1 spiro atoms. The van der Waals surface area contributed by atoms with E-state index in [1.807, 2.05) is 0 Å². The van der Waals surface area contributed by atoms with Crippen molar-refractivity contribution in [1.82, 2.24) is 10.2 Å². The highest BCUT2D eigenvalue weighted by atomic mass is 16.6. The minimum Gasteiger partial charge on any atom is -0.447 e. The molecular weight excluding hydrogens is 340 g/mol. The number of ether oxygens (including phenoxy) is 1. The van der Waals surface area contributed by atoms with E-state index in [9.17, 15) is 9.59 Å². The van der Waals surface area contributed by atoms with E-state index >= 15 is 0 Å². The minimum atomic E-state index is -0.339. The molecule has 5 heteroatoms. The molecule has 1 N–H and O–H groups in total. The largest absolute Gasteiger partial charge is 0.447 e. The van der Waals surface area contributed by atoms with Gasteiger partial charge in [-0.3, -0.25) is 4.79 Å². The number of piperidine rings is 1. The summed E-state index contributed by atoms with van der Waals surface area (Å²) in [6.07, 6.45) is 3.82. The average Bonchev–Trinajstić information content (AvgIpc) is 3.50. The molecule has 2 aliphatic heterocycles. The smallest absolute Gasteiger partial charge is 0.407 e. The lowest BCUT2D eigenvalue weighted by atomic mass is 9.68. The normalized spacial score (nSPS) is 39.0. The first-order valence-electron chi connectivity index (χ1n) is 10.4. The number of rotatable bonds is 3. The molecular formula is C22H26N2O3. The molecule has 6 rings (SSSR count). The minimum absolute atomic E-state index is 0.0579. The zero-order valence-corrected chi connectivity index (χ0v) is 15.7. The second kappa shape index (κ2) is 5.27. The van der Waals surface area contributed by atoms with Crippen LogP contribution >= 0.6 is 0 Å². The molecule has 3 saturated carbocycles. The number of carbonyl (C=O) groups excluding carboxylic acids is 2. The van der Waals surface area contributed by atoms with Gasteiger partial charge in [0.25, 0.3) is 0 Å². The first-order chi connectivity index (χ1) is 13.0. The number of cyclic esters (lactones) is 1. The molecule has 0 aromatic heterocycles. The topological polar surface area (TPSA) is 58.6 Å². The summed E-state index contributed by atoms with van der Waals surface area (Å²) in [6.45, 7) is 4.48. The van der Waals surface area contributed by atoms with E-state index in [1.54, 1.807) is 0 Å². The van der Waals surface area contributed by atoms with Gasteiger partial charge in [0.1, 0.15) is 6.61 Å². The SMILES string of the molecule is Cc1cc(C2CC2)ccc1C1C2CN(C(=O)C3CC4(COC(=O)N4)C3)CC21. The highest BCUT2D eigenvalue weighted by Crippen LogP contribution is 2.59. The van der Waals surface area contributed by atoms with Crippen LogP contribution in [0.25, 0.3) is 0 Å². The predicted octanol–water partition coefficient (Wildman–Crippen LogP) is 2.93. The van der Waals surface area contributed by atoms with Gasteiger partial charge in [0.2, 0.25) is 5.91 Å². The van der Waals surface area contributed by atoms with Gasteiger partial charge in [0, 0.05) is 19.0 Å². The van der Waals surface area contributed by atoms with Crippen molar-refractivity contribution in [3.05, 3.63) is 34.9 Å². The van der Waals surface area contributed by atoms with Crippen LogP contribution in [0.2, 0.25) is 0 Å². The summed E-state index contributed by atoms with van der Waals surface area (Å²) in [6, 6.07) is 7.09. The van der Waals surface area contributed by atoms with Gasteiger partial charge in [-0.15, -0.1) is 0 Å². The fraction of sp³-hybridized carbons (Fsp3) is 0.636. The van der Waals surface area contributed by atoms with Crippen molar-refractivity contribution in [2.45, 2.75) is 50.0 Å². The fourth-order valence-electron chi connectivity index (χ4n) is 5.94. The van der Waals surface area contributed by atoms with Gasteiger partial charge in [-0.05, 0) is 73.0 Å². The molecule has 142 valence electrons. The van der Waals surface area contributed by atoms with Crippen molar-refractivity contribution in [1.29, 1.82) is 0 Å². The molecule has 5 nitrogen and oxygen atoms in total. The Morgan fingerprint density at radius 2 is 1.96 bits per heavy atom. The summed E-state index contributed by atoms with van der Waals surface area (Å²) in [5, 5.41) is 2.88. The number of hydrogen-bond donors (Lipinski definition) is 1. The Labute approximate surface area is 159 Å². The maximum absolute atomic E-state index is 12.8. The molecule has 27 heavy (non-hydrogen) atoms. The van der Waals surface area contributed by atoms with Crippen molar-refractivity contribution in [2.24, 2.45) is 17.8 Å². The summed E-state index contributed by atoms with van der Waals surface area (Å²) in [7, 11) is 0. The number of amides is 2. The Kier molecular flexibility index (Phi) is 3.12. The number of aryl methyl sites for hydroxylation is 1. The number of hydrogen-bond acceptors (Lipinski definition) is 3. The Balaban J connectivity index is 1.07. The lowest BCUT2D eigenvalue weighted by molar-refractivity contribution is -0.140. The van der Waals surface area contributed by atoms with Crippen LogP contribution in [0.4, 0.5) is 4.79 Å². The molecule has 0 radical (unpaired) electrons. The van der Waals surface area contributed by atoms with Crippen LogP contribution in [0.15, 0.2) is 18.2 Å². The highest BCUT2D eigenvalue weighted by molar-refractivity contribution is 5.82. The number of nitrogens with one attached hydrogen (secondary N) is 1. The van der Waals surface area contributed by atoms with E-state index in [2.05, 4.69) is 35.3 Å². The molecule has 0 bridgehead atoms. The molecule has 2 atom stereocenters. The Morgan fingerprint density at radius 3 is 2.56 bits per heavy atom. The van der Waals surface area contributed by atoms with Crippen LogP contribution in [0.1, 0.15) is 54.2 Å². The van der Waals surface area contributed by atoms with E-state index < -0.39 is 0 Å². The van der Waals surface area contributed by atoms with Crippen LogP contribution in [0.3, 0.4) is 0 Å². The maximum Gasteiger partial charge on any atom is 0.407 e. The summed E-state index contributed by atoms with van der Waals surface area (Å²) in [5.41, 5.74) is 4.20. The standard InChI is InChI=1S/C22H26N2O3/c1-12-6-14(13-2-3-13)4-5-16(12)19-17-9-24(10-18(17)19)20(25)15-7-22(8-15)11-27-21(26)23-22/h4-6,13,15,17-19H,2-3,7-11H2,1H3,(H,23,26). The number of nitrogens with zero attached hydrogens (tertiary/aromatic N) is 1. The second-order valence-corrected chi connectivity index (χ2v) is 9.57. The van der Waals surface area contributed by atoms with Gasteiger partial charge in [-0.1, -0.05) is 18.2 Å². The molecule has 3 aliphatic carbocycles. The van der Waals surface area contributed by atoms with Gasteiger partial charge >= 0.3 is 6.09 Å². The zero-order valence-electron chi connectivity index (χ0n) is 15.7. The van der Waals surface area contributed by atoms with Crippen LogP contribution in [-0.2, 0) is 9.53 Å². The van der Waals surface area contributed by atoms with Crippen molar-refractivity contribution in [3.63, 3.8) is 0 Å². The van der Waals surface area contributed by atoms with E-state index in [-0.39, 0.29) is 23.5 Å². The number of fused-ring (bicyclic) bond motifs is 1. The third-order valence-electron chi connectivity index (χ3n) is 7.68. The predicted molar refractivity (Wildman–Crippen MR) is 99.4 cm³/mol. The molecule has 1 aromatic rings. The van der Waals surface area contributed by atoms with Gasteiger partial charge in [0.15, 0.2) is 0 Å². The maximum atomic E-state index is 12.8. The monoisotopic (exact) mass is 366 g/mol. The third kappa shape index (κ3) is 2.43. The van der Waals surface area contributed by atoms with E-state index in [0.717, 1.165) is 31.8 Å². The van der Waals surface area contributed by atoms with Crippen molar-refractivity contribution < 1.29 is 14.3 Å². The van der Waals surface area contributed by atoms with Gasteiger partial charge in [-0.2, -0.15) is 0 Å². The zero-order chi connectivity index (χ0) is 18.3. The van der Waals surface area contributed by atoms with Crippen LogP contribution < -0.4 is 5.32 Å². The fourth-order valence-corrected chi connectivity index (χ4v) is 5.94. The molecule has 5 fully saturated rings. The highest BCUT2D eigenvalue weighted by Gasteiger charge is 2.60. The summed E-state index contributed by atoms with van der Waals surface area (Å²) < 4.78 is 5.01. The molecule has 2 amide bonds. The first kappa shape index (κ1) is 16.0. The lowest BCUT2D eigenvalue weighted by Crippen LogP contribution is -2.58. The third-order valence-corrected chi connectivity index (χ3v) is 7.68. The molecule has 5 aliphatic rings. The summed E-state index contributed by atoms with van der Waals surface area (Å²) in [5.74, 6) is 3.09. The van der Waals surface area contributed by atoms with Crippen LogP contribution in [0, 0.1) is 24.7 Å². The van der Waals surface area contributed by atoms with Gasteiger partial charge in [-0.25, -0.2) is 4.79 Å². The quantitative estimate of drug-likeness (QED) is 0.895. The van der Waals surface area contributed by atoms with Gasteiger partial charge in [0.05, 0.1) is 5.54 Å². The average molecular weight is 366 g/mol. The van der Waals surface area contributed by atoms with Crippen LogP contribution in [0.5, 0.6) is 0 Å². The van der Waals surface area contributed by atoms with Gasteiger partial charge < -0.3 is 15.0 Å². The Morgan fingerprint density at radius 1 is 1.22 bits per heavy atom. The number of carbonyl (C=O) groups is 2. The van der Waals surface area contributed by atoms with E-state index in [0.29, 0.717) is 24.4 Å². The van der Waals surface area contributed by atoms with E-state index in [4.69, 9.17) is 4.74 Å². The van der Waals surface area contributed by atoms with E-state index in [1.165, 1.54) is 29.5 Å². The number of likely N-dealkylation sites (tertiary alicyclic amines) is 1. The summed E-state index contributed by atoms with van der Waals surface area (Å²) in [4.78, 5) is 26.2. The Bertz CT molecular complexity index is 828. The first-order valence-corrected chi connectivity index (χ1v) is 10.4. The summed E-state index contributed by atoms with van der Waals surface area (Å²) >= 11 is 0. The molecule has 2 saturated heterocycles. The Hall–Kier alpha value is -2.04. The lowest BCUT2D eigenvalue weighted by Gasteiger charge is -2.43. The second-order valence-electron chi connectivity index (χ2n) is 9.57. The van der Waals surface area contributed by atoms with Crippen molar-refractivity contribution >= 4 is 12.0 Å². The number of benzene rings is 1. The molecule has 2 heterocycles. The van der Waals surface area contributed by atoms with Crippen molar-refractivity contribution in [3.8, 4) is 0 Å². The van der Waals surface area contributed by atoms with Crippen molar-refractivity contribution in [2.75, 3.05) is 19.7 Å². The molecule has 1 aromatic carbocycles. The molecule has 2 unspecified atom stereocenters.